The molecule has 0 aromatic rings. The molecule has 1 rings (SSSR count). The molecule has 0 aromatic carbocycles. The number of nitrogens with one attached hydrogen (secondary N) is 1. The van der Waals surface area contributed by atoms with Crippen LogP contribution in [-0.2, 0) is 0 Å². The van der Waals surface area contributed by atoms with E-state index < -0.39 is 0 Å². The Balaban J connectivity index is 1.98. The predicted molar refractivity (Wildman–Crippen MR) is 40.2 cm³/mol. The van der Waals surface area contributed by atoms with E-state index in [2.05, 4.69) is 12.2 Å². The van der Waals surface area contributed by atoms with E-state index in [1.54, 1.807) is 0 Å². The predicted octanol–water partition coefficient (Wildman–Crippen LogP) is 1.60. The second-order valence-electron chi connectivity index (χ2n) is 2.85. The molecular weight excluding hydrogens is 110 g/mol. The normalized spacial score (nSPS) is 21.0. The van der Waals surface area contributed by atoms with E-state index in [0.717, 1.165) is 12.5 Å². The van der Waals surface area contributed by atoms with E-state index in [4.69, 9.17) is 0 Å². The highest BCUT2D eigenvalue weighted by atomic mass is 14.8. The molecule has 0 saturated heterocycles. The third-order valence-corrected chi connectivity index (χ3v) is 2.08. The van der Waals surface area contributed by atoms with Crippen molar-refractivity contribution in [1.29, 1.82) is 0 Å². The van der Waals surface area contributed by atoms with Gasteiger partial charge in [0.15, 0.2) is 0 Å². The van der Waals surface area contributed by atoms with Gasteiger partial charge < -0.3 is 5.32 Å². The van der Waals surface area contributed by atoms with Crippen LogP contribution in [0.25, 0.3) is 0 Å². The summed E-state index contributed by atoms with van der Waals surface area (Å²) < 4.78 is 0. The fourth-order valence-electron chi connectivity index (χ4n) is 1.52. The first-order chi connectivity index (χ1) is 4.43. The molecule has 1 aliphatic rings. The molecule has 1 saturated carbocycles. The van der Waals surface area contributed by atoms with E-state index in [9.17, 15) is 0 Å². The lowest BCUT2D eigenvalue weighted by atomic mass is 10.1. The van der Waals surface area contributed by atoms with Gasteiger partial charge in [0.25, 0.3) is 0 Å². The van der Waals surface area contributed by atoms with Crippen LogP contribution in [0.1, 0.15) is 25.7 Å². The van der Waals surface area contributed by atoms with Crippen LogP contribution in [0.3, 0.4) is 0 Å². The van der Waals surface area contributed by atoms with Gasteiger partial charge in [-0.15, -0.1) is 0 Å². The van der Waals surface area contributed by atoms with Gasteiger partial charge in [0.1, 0.15) is 0 Å². The van der Waals surface area contributed by atoms with Gasteiger partial charge in [0.2, 0.25) is 0 Å². The zero-order valence-corrected chi connectivity index (χ0v) is 6.03. The summed E-state index contributed by atoms with van der Waals surface area (Å²) in [6, 6.07) is 0. The van der Waals surface area contributed by atoms with Gasteiger partial charge in [-0.05, 0) is 38.8 Å². The largest absolute Gasteiger partial charge is 0.316 e. The summed E-state index contributed by atoms with van der Waals surface area (Å²) in [4.78, 5) is 0. The van der Waals surface area contributed by atoms with Crippen molar-refractivity contribution in [3.8, 4) is 0 Å². The van der Waals surface area contributed by atoms with Crippen molar-refractivity contribution in [2.75, 3.05) is 13.1 Å². The summed E-state index contributed by atoms with van der Waals surface area (Å²) in [5, 5.41) is 3.28. The first-order valence-corrected chi connectivity index (χ1v) is 3.93. The van der Waals surface area contributed by atoms with Gasteiger partial charge in [-0.25, -0.2) is 0 Å². The summed E-state index contributed by atoms with van der Waals surface area (Å²) in [6.45, 7) is 5.82. The minimum atomic E-state index is 0.885. The van der Waals surface area contributed by atoms with E-state index in [1.807, 2.05) is 0 Å². The average Bonchev–Trinajstić information content (AvgIpc) is 2.34. The Bertz CT molecular complexity index is 65.0. The van der Waals surface area contributed by atoms with Gasteiger partial charge in [0, 0.05) is 0 Å². The molecule has 0 heterocycles. The summed E-state index contributed by atoms with van der Waals surface area (Å²) in [6.07, 6.45) is 5.77. The standard InChI is InChI=1S/C8H16N/c1-2-9-7-8-5-3-4-6-8/h8-9H,1-7H2. The topological polar surface area (TPSA) is 12.0 Å². The Morgan fingerprint density at radius 2 is 2.00 bits per heavy atom. The summed E-state index contributed by atoms with van der Waals surface area (Å²) in [5.74, 6) is 0.965. The number of rotatable bonds is 3. The van der Waals surface area contributed by atoms with Crippen LogP contribution in [-0.4, -0.2) is 13.1 Å². The first-order valence-electron chi connectivity index (χ1n) is 3.93. The van der Waals surface area contributed by atoms with Gasteiger partial charge in [-0.2, -0.15) is 0 Å². The van der Waals surface area contributed by atoms with Crippen LogP contribution in [0.5, 0.6) is 0 Å². The molecule has 1 fully saturated rings. The molecule has 0 atom stereocenters. The van der Waals surface area contributed by atoms with Crippen molar-refractivity contribution in [3.05, 3.63) is 6.92 Å². The molecule has 0 unspecified atom stereocenters. The van der Waals surface area contributed by atoms with Gasteiger partial charge in [-0.1, -0.05) is 12.8 Å². The second-order valence-corrected chi connectivity index (χ2v) is 2.85. The van der Waals surface area contributed by atoms with Crippen LogP contribution in [0.2, 0.25) is 0 Å². The van der Waals surface area contributed by atoms with Gasteiger partial charge >= 0.3 is 0 Å². The zero-order chi connectivity index (χ0) is 6.53. The molecule has 0 bridgehead atoms. The Morgan fingerprint density at radius 3 is 2.56 bits per heavy atom. The number of hydrogen-bond acceptors (Lipinski definition) is 1. The van der Waals surface area contributed by atoms with Crippen LogP contribution >= 0.6 is 0 Å². The molecule has 0 amide bonds. The molecule has 9 heavy (non-hydrogen) atoms. The molecule has 0 aromatic heterocycles. The van der Waals surface area contributed by atoms with Crippen LogP contribution in [0.4, 0.5) is 0 Å². The van der Waals surface area contributed by atoms with E-state index >= 15 is 0 Å². The minimum absolute atomic E-state index is 0.885. The van der Waals surface area contributed by atoms with Crippen molar-refractivity contribution in [2.45, 2.75) is 25.7 Å². The maximum absolute atomic E-state index is 3.74. The summed E-state index contributed by atoms with van der Waals surface area (Å²) in [7, 11) is 0. The van der Waals surface area contributed by atoms with Crippen LogP contribution in [0, 0.1) is 12.8 Å². The van der Waals surface area contributed by atoms with Crippen LogP contribution < -0.4 is 5.32 Å². The van der Waals surface area contributed by atoms with Gasteiger partial charge in [-0.3, -0.25) is 0 Å². The maximum Gasteiger partial charge on any atom is -0.00205 e. The maximum atomic E-state index is 3.74. The smallest absolute Gasteiger partial charge is 0.00205 e. The summed E-state index contributed by atoms with van der Waals surface area (Å²) in [5.41, 5.74) is 0. The van der Waals surface area contributed by atoms with Crippen molar-refractivity contribution >= 4 is 0 Å². The average molecular weight is 126 g/mol. The highest BCUT2D eigenvalue weighted by molar-refractivity contribution is 4.69. The zero-order valence-electron chi connectivity index (χ0n) is 6.03. The third kappa shape index (κ3) is 2.35. The Hall–Kier alpha value is -0.0400. The molecule has 0 aliphatic heterocycles. The van der Waals surface area contributed by atoms with Crippen LogP contribution in [0.15, 0.2) is 0 Å². The van der Waals surface area contributed by atoms with Gasteiger partial charge in [0.05, 0.1) is 0 Å². The lowest BCUT2D eigenvalue weighted by Crippen LogP contribution is -2.20. The quantitative estimate of drug-likeness (QED) is 0.605. The Labute approximate surface area is 57.8 Å². The van der Waals surface area contributed by atoms with E-state index in [1.165, 1.54) is 32.2 Å². The van der Waals surface area contributed by atoms with Crippen molar-refractivity contribution in [1.82, 2.24) is 5.32 Å². The molecular formula is C8H16N. The minimum Gasteiger partial charge on any atom is -0.316 e. The molecule has 1 heteroatoms. The lowest BCUT2D eigenvalue weighted by Gasteiger charge is -2.07. The summed E-state index contributed by atoms with van der Waals surface area (Å²) >= 11 is 0. The molecule has 1 aliphatic carbocycles. The van der Waals surface area contributed by atoms with Crippen molar-refractivity contribution in [3.63, 3.8) is 0 Å². The SMILES string of the molecule is [CH2]CNCC1CCCC1. The van der Waals surface area contributed by atoms with Crippen molar-refractivity contribution < 1.29 is 0 Å². The second kappa shape index (κ2) is 3.89. The monoisotopic (exact) mass is 126 g/mol. The first kappa shape index (κ1) is 7.07. The Kier molecular flexibility index (Phi) is 3.05. The van der Waals surface area contributed by atoms with E-state index in [0.29, 0.717) is 0 Å². The molecule has 53 valence electrons. The molecule has 1 nitrogen and oxygen atoms in total. The fraction of sp³-hybridized carbons (Fsp3) is 0.875. The highest BCUT2D eigenvalue weighted by Crippen LogP contribution is 2.23. The van der Waals surface area contributed by atoms with Crippen molar-refractivity contribution in [2.24, 2.45) is 5.92 Å². The molecule has 0 spiro atoms. The molecule has 1 N–H and O–H groups in total. The fourth-order valence-corrected chi connectivity index (χ4v) is 1.52. The van der Waals surface area contributed by atoms with E-state index in [-0.39, 0.29) is 0 Å². The lowest BCUT2D eigenvalue weighted by molar-refractivity contribution is 0.504. The molecule has 1 radical (unpaired) electrons. The third-order valence-electron chi connectivity index (χ3n) is 2.08. The Morgan fingerprint density at radius 1 is 1.33 bits per heavy atom. The number of hydrogen-bond donors (Lipinski definition) is 1. The highest BCUT2D eigenvalue weighted by Gasteiger charge is 2.13.